The van der Waals surface area contributed by atoms with Crippen LogP contribution in [0.1, 0.15) is 23.1 Å². The Morgan fingerprint density at radius 3 is 2.69 bits per heavy atom. The molecule has 4 heteroatoms. The predicted octanol–water partition coefficient (Wildman–Crippen LogP) is 2.32. The number of alkyl halides is 2. The van der Waals surface area contributed by atoms with E-state index in [0.29, 0.717) is 11.1 Å². The lowest BCUT2D eigenvalue weighted by atomic mass is 10.1. The topological polar surface area (TPSA) is 35.2 Å². The molecule has 2 nitrogen and oxygen atoms in total. The molecule has 13 heavy (non-hydrogen) atoms. The van der Waals surface area contributed by atoms with Crippen LogP contribution in [0.25, 0.3) is 0 Å². The molecule has 0 saturated carbocycles. The maximum atomic E-state index is 12.4. The highest BCUT2D eigenvalue weighted by Gasteiger charge is 2.10. The second-order valence-corrected chi connectivity index (χ2v) is 2.80. The van der Waals surface area contributed by atoms with Gasteiger partial charge < -0.3 is 0 Å². The van der Waals surface area contributed by atoms with Gasteiger partial charge in [-0.3, -0.25) is 4.84 Å². The SMILES string of the molecule is Cc1ccc(CON)cc1C(F)F. The number of hydrogen-bond donors (Lipinski definition) is 1. The molecule has 0 fully saturated rings. The van der Waals surface area contributed by atoms with E-state index in [1.54, 1.807) is 19.1 Å². The summed E-state index contributed by atoms with van der Waals surface area (Å²) in [5.41, 5.74) is 1.27. The van der Waals surface area contributed by atoms with E-state index < -0.39 is 6.43 Å². The van der Waals surface area contributed by atoms with E-state index >= 15 is 0 Å². The first-order chi connectivity index (χ1) is 6.15. The van der Waals surface area contributed by atoms with E-state index in [1.165, 1.54) is 6.07 Å². The van der Waals surface area contributed by atoms with Crippen molar-refractivity contribution in [1.29, 1.82) is 0 Å². The van der Waals surface area contributed by atoms with Gasteiger partial charge in [0.15, 0.2) is 0 Å². The Bertz CT molecular complexity index is 289. The first kappa shape index (κ1) is 10.1. The van der Waals surface area contributed by atoms with Gasteiger partial charge in [-0.15, -0.1) is 0 Å². The molecule has 0 aliphatic heterocycles. The number of hydrogen-bond acceptors (Lipinski definition) is 2. The lowest BCUT2D eigenvalue weighted by Gasteiger charge is -2.06. The van der Waals surface area contributed by atoms with E-state index in [-0.39, 0.29) is 12.2 Å². The third-order valence-corrected chi connectivity index (χ3v) is 1.83. The summed E-state index contributed by atoms with van der Waals surface area (Å²) in [5.74, 6) is 4.84. The minimum absolute atomic E-state index is 0.0366. The summed E-state index contributed by atoms with van der Waals surface area (Å²) < 4.78 is 24.8. The maximum Gasteiger partial charge on any atom is 0.264 e. The fraction of sp³-hybridized carbons (Fsp3) is 0.333. The number of nitrogens with two attached hydrogens (primary N) is 1. The smallest absolute Gasteiger partial charge is 0.264 e. The molecule has 0 atom stereocenters. The molecule has 0 spiro atoms. The summed E-state index contributed by atoms with van der Waals surface area (Å²) in [4.78, 5) is 4.36. The molecule has 0 radical (unpaired) electrons. The van der Waals surface area contributed by atoms with E-state index in [1.807, 2.05) is 0 Å². The fourth-order valence-electron chi connectivity index (χ4n) is 1.11. The van der Waals surface area contributed by atoms with Crippen LogP contribution in [0.4, 0.5) is 8.78 Å². The molecule has 2 N–H and O–H groups in total. The standard InChI is InChI=1S/C9H11F2NO/c1-6-2-3-7(5-13-12)4-8(6)9(10)11/h2-4,9H,5,12H2,1H3. The number of aryl methyl sites for hydroxylation is 1. The van der Waals surface area contributed by atoms with Crippen LogP contribution in [-0.2, 0) is 11.4 Å². The number of rotatable bonds is 3. The zero-order valence-electron chi connectivity index (χ0n) is 7.26. The van der Waals surface area contributed by atoms with Gasteiger partial charge in [-0.05, 0) is 24.1 Å². The monoisotopic (exact) mass is 187 g/mol. The average Bonchev–Trinajstić information content (AvgIpc) is 2.08. The van der Waals surface area contributed by atoms with Crippen molar-refractivity contribution < 1.29 is 13.6 Å². The van der Waals surface area contributed by atoms with Gasteiger partial charge in [-0.25, -0.2) is 14.7 Å². The molecule has 1 aromatic rings. The Labute approximate surface area is 75.3 Å². The first-order valence-corrected chi connectivity index (χ1v) is 3.84. The Hall–Kier alpha value is -1.00. The minimum Gasteiger partial charge on any atom is -0.300 e. The normalized spacial score (nSPS) is 10.8. The molecule has 0 aliphatic carbocycles. The van der Waals surface area contributed by atoms with Gasteiger partial charge in [0.2, 0.25) is 0 Å². The average molecular weight is 187 g/mol. The number of benzene rings is 1. The molecular weight excluding hydrogens is 176 g/mol. The first-order valence-electron chi connectivity index (χ1n) is 3.84. The molecule has 0 saturated heterocycles. The summed E-state index contributed by atoms with van der Waals surface area (Å²) in [7, 11) is 0. The Balaban J connectivity index is 2.97. The molecule has 1 rings (SSSR count). The van der Waals surface area contributed by atoms with Crippen molar-refractivity contribution in [1.82, 2.24) is 0 Å². The van der Waals surface area contributed by atoms with Gasteiger partial charge in [0, 0.05) is 5.56 Å². The van der Waals surface area contributed by atoms with E-state index in [9.17, 15) is 8.78 Å². The third kappa shape index (κ3) is 2.47. The highest BCUT2D eigenvalue weighted by molar-refractivity contribution is 5.31. The van der Waals surface area contributed by atoms with Gasteiger partial charge in [0.25, 0.3) is 6.43 Å². The van der Waals surface area contributed by atoms with Crippen molar-refractivity contribution in [2.24, 2.45) is 5.90 Å². The second kappa shape index (κ2) is 4.30. The highest BCUT2D eigenvalue weighted by Crippen LogP contribution is 2.23. The van der Waals surface area contributed by atoms with Crippen molar-refractivity contribution in [2.75, 3.05) is 0 Å². The quantitative estimate of drug-likeness (QED) is 0.737. The third-order valence-electron chi connectivity index (χ3n) is 1.83. The molecule has 0 heterocycles. The molecule has 0 unspecified atom stereocenters. The lowest BCUT2D eigenvalue weighted by molar-refractivity contribution is 0.123. The van der Waals surface area contributed by atoms with Crippen LogP contribution in [0, 0.1) is 6.92 Å². The van der Waals surface area contributed by atoms with Gasteiger partial charge in [0.1, 0.15) is 0 Å². The van der Waals surface area contributed by atoms with Crippen LogP contribution in [0.15, 0.2) is 18.2 Å². The summed E-state index contributed by atoms with van der Waals surface area (Å²) >= 11 is 0. The number of halogens is 2. The summed E-state index contributed by atoms with van der Waals surface area (Å²) in [6.07, 6.45) is -2.45. The molecule has 0 bridgehead atoms. The zero-order chi connectivity index (χ0) is 9.84. The van der Waals surface area contributed by atoms with Gasteiger partial charge in [-0.1, -0.05) is 12.1 Å². The van der Waals surface area contributed by atoms with Crippen molar-refractivity contribution in [3.05, 3.63) is 34.9 Å². The van der Waals surface area contributed by atoms with E-state index in [0.717, 1.165) is 0 Å². The molecule has 0 aromatic heterocycles. The fourth-order valence-corrected chi connectivity index (χ4v) is 1.11. The van der Waals surface area contributed by atoms with Crippen molar-refractivity contribution in [3.8, 4) is 0 Å². The largest absolute Gasteiger partial charge is 0.300 e. The Kier molecular flexibility index (Phi) is 3.33. The molecule has 72 valence electrons. The maximum absolute atomic E-state index is 12.4. The van der Waals surface area contributed by atoms with Crippen molar-refractivity contribution in [3.63, 3.8) is 0 Å². The van der Waals surface area contributed by atoms with Crippen LogP contribution in [0.2, 0.25) is 0 Å². The molecule has 1 aromatic carbocycles. The predicted molar refractivity (Wildman–Crippen MR) is 45.1 cm³/mol. The molecular formula is C9H11F2NO. The van der Waals surface area contributed by atoms with Crippen molar-refractivity contribution >= 4 is 0 Å². The van der Waals surface area contributed by atoms with Gasteiger partial charge >= 0.3 is 0 Å². The van der Waals surface area contributed by atoms with Crippen LogP contribution in [-0.4, -0.2) is 0 Å². The van der Waals surface area contributed by atoms with Crippen LogP contribution < -0.4 is 5.90 Å². The Morgan fingerprint density at radius 2 is 2.15 bits per heavy atom. The van der Waals surface area contributed by atoms with Crippen molar-refractivity contribution in [2.45, 2.75) is 20.0 Å². The second-order valence-electron chi connectivity index (χ2n) is 2.80. The van der Waals surface area contributed by atoms with Gasteiger partial charge in [0.05, 0.1) is 6.61 Å². The lowest BCUT2D eigenvalue weighted by Crippen LogP contribution is -2.00. The zero-order valence-corrected chi connectivity index (χ0v) is 7.26. The van der Waals surface area contributed by atoms with Crippen LogP contribution >= 0.6 is 0 Å². The minimum atomic E-state index is -2.45. The molecule has 0 aliphatic rings. The summed E-state index contributed by atoms with van der Waals surface area (Å²) in [6.45, 7) is 1.80. The highest BCUT2D eigenvalue weighted by atomic mass is 19.3. The summed E-state index contributed by atoms with van der Waals surface area (Å²) in [6, 6.07) is 4.76. The van der Waals surface area contributed by atoms with E-state index in [2.05, 4.69) is 4.84 Å². The summed E-state index contributed by atoms with van der Waals surface area (Å²) in [5, 5.41) is 0. The Morgan fingerprint density at radius 1 is 1.46 bits per heavy atom. The van der Waals surface area contributed by atoms with Gasteiger partial charge in [-0.2, -0.15) is 0 Å². The van der Waals surface area contributed by atoms with E-state index in [4.69, 9.17) is 5.90 Å². The van der Waals surface area contributed by atoms with Crippen LogP contribution in [0.3, 0.4) is 0 Å². The van der Waals surface area contributed by atoms with Crippen LogP contribution in [0.5, 0.6) is 0 Å². The molecule has 0 amide bonds.